The monoisotopic (exact) mass is 532 g/mol. The van der Waals surface area contributed by atoms with Gasteiger partial charge in [0.15, 0.2) is 0 Å². The minimum atomic E-state index is -0.277. The van der Waals surface area contributed by atoms with E-state index in [-0.39, 0.29) is 29.8 Å². The molecule has 2 aromatic rings. The van der Waals surface area contributed by atoms with E-state index < -0.39 is 0 Å². The van der Waals surface area contributed by atoms with Crippen LogP contribution in [0.3, 0.4) is 0 Å². The molecule has 0 atom stereocenters. The average Bonchev–Trinajstić information content (AvgIpc) is 3.30. The van der Waals surface area contributed by atoms with E-state index in [1.54, 1.807) is 24.5 Å². The van der Waals surface area contributed by atoms with Gasteiger partial charge in [-0.2, -0.15) is 4.99 Å². The topological polar surface area (TPSA) is 100 Å². The SMILES string of the molecule is CC(C)NC(=O)C1CCC(N2C(=NC(=O)c3ccncc3)Cc3cnc(OCCN4CCCCC4)cc32)CC1. The Hall–Kier alpha value is -3.33. The molecule has 5 rings (SSSR count). The second kappa shape index (κ2) is 12.7. The Morgan fingerprint density at radius 3 is 2.56 bits per heavy atom. The standard InChI is InChI=1S/C30H40N6O3/c1-21(2)33-29(37)22-6-8-25(9-7-22)36-26-19-28(39-17-16-35-14-4-3-5-15-35)32-20-24(26)18-27(36)34-30(38)23-10-12-31-13-11-23/h10-13,19-22,25H,3-9,14-18H2,1-2H3,(H,33,37). The van der Waals surface area contributed by atoms with Crippen LogP contribution in [0.15, 0.2) is 41.8 Å². The number of fused-ring (bicyclic) bond motifs is 1. The normalized spacial score (nSPS) is 22.6. The molecule has 39 heavy (non-hydrogen) atoms. The average molecular weight is 533 g/mol. The molecule has 0 radical (unpaired) electrons. The highest BCUT2D eigenvalue weighted by molar-refractivity contribution is 6.12. The van der Waals surface area contributed by atoms with Crippen LogP contribution in [0.4, 0.5) is 5.69 Å². The second-order valence-electron chi connectivity index (χ2n) is 11.2. The van der Waals surface area contributed by atoms with E-state index in [4.69, 9.17) is 4.74 Å². The fourth-order valence-corrected chi connectivity index (χ4v) is 5.93. The molecular weight excluding hydrogens is 492 g/mol. The number of aromatic nitrogens is 2. The first-order valence-corrected chi connectivity index (χ1v) is 14.4. The summed E-state index contributed by atoms with van der Waals surface area (Å²) in [6.45, 7) is 7.76. The second-order valence-corrected chi connectivity index (χ2v) is 11.2. The molecule has 1 aliphatic carbocycles. The van der Waals surface area contributed by atoms with Crippen molar-refractivity contribution >= 4 is 23.3 Å². The molecule has 0 spiro atoms. The van der Waals surface area contributed by atoms with Crippen molar-refractivity contribution in [2.75, 3.05) is 31.1 Å². The van der Waals surface area contributed by atoms with Gasteiger partial charge in [-0.15, -0.1) is 0 Å². The lowest BCUT2D eigenvalue weighted by atomic mass is 9.84. The van der Waals surface area contributed by atoms with Crippen molar-refractivity contribution in [2.24, 2.45) is 10.9 Å². The highest BCUT2D eigenvalue weighted by Gasteiger charge is 2.36. The molecule has 3 aliphatic rings. The maximum absolute atomic E-state index is 13.0. The summed E-state index contributed by atoms with van der Waals surface area (Å²) < 4.78 is 6.09. The lowest BCUT2D eigenvalue weighted by molar-refractivity contribution is -0.126. The third kappa shape index (κ3) is 6.82. The van der Waals surface area contributed by atoms with E-state index in [1.807, 2.05) is 26.1 Å². The number of rotatable bonds is 8. The van der Waals surface area contributed by atoms with Crippen LogP contribution in [-0.2, 0) is 11.2 Å². The molecular formula is C30H40N6O3. The maximum atomic E-state index is 13.0. The minimum Gasteiger partial charge on any atom is -0.476 e. The van der Waals surface area contributed by atoms with Crippen LogP contribution >= 0.6 is 0 Å². The highest BCUT2D eigenvalue weighted by atomic mass is 16.5. The Morgan fingerprint density at radius 1 is 1.10 bits per heavy atom. The Labute approximate surface area is 231 Å². The number of ether oxygens (including phenoxy) is 1. The van der Waals surface area contributed by atoms with Crippen molar-refractivity contribution in [2.45, 2.75) is 77.3 Å². The predicted octanol–water partition coefficient (Wildman–Crippen LogP) is 4.03. The number of carbonyl (C=O) groups excluding carboxylic acids is 2. The number of anilines is 1. The van der Waals surface area contributed by atoms with Gasteiger partial charge in [-0.1, -0.05) is 6.42 Å². The van der Waals surface area contributed by atoms with Crippen LogP contribution in [0.1, 0.15) is 74.7 Å². The molecule has 4 heterocycles. The van der Waals surface area contributed by atoms with Crippen molar-refractivity contribution in [3.8, 4) is 5.88 Å². The number of amidine groups is 1. The zero-order valence-corrected chi connectivity index (χ0v) is 23.1. The Bertz CT molecular complexity index is 1170. The molecule has 0 aromatic carbocycles. The van der Waals surface area contributed by atoms with Crippen LogP contribution in [0.25, 0.3) is 0 Å². The molecule has 2 fully saturated rings. The summed E-state index contributed by atoms with van der Waals surface area (Å²) in [6.07, 6.45) is 12.8. The Morgan fingerprint density at radius 2 is 1.85 bits per heavy atom. The zero-order chi connectivity index (χ0) is 27.2. The van der Waals surface area contributed by atoms with E-state index in [9.17, 15) is 9.59 Å². The summed E-state index contributed by atoms with van der Waals surface area (Å²) in [4.78, 5) is 43.5. The molecule has 9 nitrogen and oxygen atoms in total. The van der Waals surface area contributed by atoms with Crippen LogP contribution < -0.4 is 15.0 Å². The van der Waals surface area contributed by atoms with Gasteiger partial charge >= 0.3 is 0 Å². The third-order valence-corrected chi connectivity index (χ3v) is 7.95. The summed E-state index contributed by atoms with van der Waals surface area (Å²) in [7, 11) is 0. The third-order valence-electron chi connectivity index (χ3n) is 7.95. The van der Waals surface area contributed by atoms with Gasteiger partial charge in [0.2, 0.25) is 11.8 Å². The van der Waals surface area contributed by atoms with Crippen molar-refractivity contribution in [1.29, 1.82) is 0 Å². The molecule has 1 saturated heterocycles. The predicted molar refractivity (Wildman–Crippen MR) is 151 cm³/mol. The lowest BCUT2D eigenvalue weighted by Crippen LogP contribution is -2.44. The largest absolute Gasteiger partial charge is 0.476 e. The molecule has 1 N–H and O–H groups in total. The Kier molecular flexibility index (Phi) is 8.86. The molecule has 2 aromatic heterocycles. The van der Waals surface area contributed by atoms with Gasteiger partial charge in [-0.25, -0.2) is 4.98 Å². The summed E-state index contributed by atoms with van der Waals surface area (Å²) in [6, 6.07) is 5.67. The maximum Gasteiger partial charge on any atom is 0.278 e. The molecule has 9 heteroatoms. The summed E-state index contributed by atoms with van der Waals surface area (Å²) >= 11 is 0. The lowest BCUT2D eigenvalue weighted by Gasteiger charge is -2.36. The Balaban J connectivity index is 1.33. The summed E-state index contributed by atoms with van der Waals surface area (Å²) in [5.74, 6) is 1.22. The van der Waals surface area contributed by atoms with E-state index in [0.717, 1.165) is 62.4 Å². The number of carbonyl (C=O) groups is 2. The fraction of sp³-hybridized carbons (Fsp3) is 0.567. The van der Waals surface area contributed by atoms with E-state index in [2.05, 4.69) is 30.1 Å². The first kappa shape index (κ1) is 27.2. The number of piperidine rings is 1. The molecule has 2 aliphatic heterocycles. The van der Waals surface area contributed by atoms with Gasteiger partial charge in [-0.3, -0.25) is 19.5 Å². The van der Waals surface area contributed by atoms with Crippen LogP contribution in [0, 0.1) is 5.92 Å². The number of amides is 2. The number of nitrogens with zero attached hydrogens (tertiary/aromatic N) is 5. The molecule has 208 valence electrons. The van der Waals surface area contributed by atoms with Gasteiger partial charge < -0.3 is 15.0 Å². The van der Waals surface area contributed by atoms with Gasteiger partial charge in [-0.05, 0) is 77.6 Å². The molecule has 0 unspecified atom stereocenters. The zero-order valence-electron chi connectivity index (χ0n) is 23.1. The number of aliphatic imine (C=N–C) groups is 1. The van der Waals surface area contributed by atoms with Crippen molar-refractivity contribution in [1.82, 2.24) is 20.2 Å². The van der Waals surface area contributed by atoms with Crippen molar-refractivity contribution < 1.29 is 14.3 Å². The van der Waals surface area contributed by atoms with Gasteiger partial charge in [0.25, 0.3) is 5.91 Å². The smallest absolute Gasteiger partial charge is 0.278 e. The fourth-order valence-electron chi connectivity index (χ4n) is 5.93. The summed E-state index contributed by atoms with van der Waals surface area (Å²) in [5, 5.41) is 3.06. The first-order chi connectivity index (χ1) is 19.0. The van der Waals surface area contributed by atoms with Crippen LogP contribution in [0.5, 0.6) is 5.88 Å². The van der Waals surface area contributed by atoms with E-state index >= 15 is 0 Å². The minimum absolute atomic E-state index is 0.0238. The van der Waals surface area contributed by atoms with Crippen LogP contribution in [-0.4, -0.2) is 70.8 Å². The van der Waals surface area contributed by atoms with Crippen molar-refractivity contribution in [3.05, 3.63) is 47.9 Å². The van der Waals surface area contributed by atoms with E-state index in [1.165, 1.54) is 19.3 Å². The summed E-state index contributed by atoms with van der Waals surface area (Å²) in [5.41, 5.74) is 2.57. The highest BCUT2D eigenvalue weighted by Crippen LogP contribution is 2.38. The molecule has 1 saturated carbocycles. The number of nitrogens with one attached hydrogen (secondary N) is 1. The first-order valence-electron chi connectivity index (χ1n) is 14.4. The van der Waals surface area contributed by atoms with E-state index in [0.29, 0.717) is 24.5 Å². The number of likely N-dealkylation sites (tertiary alicyclic amines) is 1. The number of hydrogen-bond donors (Lipinski definition) is 1. The number of pyridine rings is 2. The van der Waals surface area contributed by atoms with Gasteiger partial charge in [0, 0.05) is 66.8 Å². The van der Waals surface area contributed by atoms with Crippen LogP contribution in [0.2, 0.25) is 0 Å². The van der Waals surface area contributed by atoms with Gasteiger partial charge in [0.05, 0.1) is 5.69 Å². The molecule has 2 amide bonds. The number of hydrogen-bond acceptors (Lipinski definition) is 6. The van der Waals surface area contributed by atoms with Crippen molar-refractivity contribution in [3.63, 3.8) is 0 Å². The quantitative estimate of drug-likeness (QED) is 0.548. The molecule has 0 bridgehead atoms. The van der Waals surface area contributed by atoms with Gasteiger partial charge in [0.1, 0.15) is 12.4 Å².